The SMILES string of the molecule is CCCNC(=O)CCNC(=O)c1cc(OC)ccc1-n1nc(C(F)(F)F)cc1C(=O)Nc1ccc(-c2ccccc2S(C)(=O)=O)cc1F. The smallest absolute Gasteiger partial charge is 0.435 e. The minimum Gasteiger partial charge on any atom is -0.497 e. The first-order valence-corrected chi connectivity index (χ1v) is 16.3. The molecule has 0 saturated heterocycles. The molecule has 1 aromatic heterocycles. The highest BCUT2D eigenvalue weighted by molar-refractivity contribution is 7.90. The molecule has 0 spiro atoms. The molecule has 0 atom stereocenters. The van der Waals surface area contributed by atoms with Gasteiger partial charge in [0.1, 0.15) is 17.3 Å². The number of carbonyl (C=O) groups is 3. The average molecular weight is 690 g/mol. The highest BCUT2D eigenvalue weighted by atomic mass is 32.2. The van der Waals surface area contributed by atoms with Gasteiger partial charge in [-0.1, -0.05) is 31.2 Å². The van der Waals surface area contributed by atoms with Gasteiger partial charge in [-0.05, 0) is 48.4 Å². The van der Waals surface area contributed by atoms with Gasteiger partial charge in [0.15, 0.2) is 15.5 Å². The normalized spacial score (nSPS) is 11.6. The number of halogens is 4. The largest absolute Gasteiger partial charge is 0.497 e. The number of nitrogens with one attached hydrogen (secondary N) is 3. The van der Waals surface area contributed by atoms with Crippen LogP contribution in [0.2, 0.25) is 0 Å². The van der Waals surface area contributed by atoms with Gasteiger partial charge in [-0.3, -0.25) is 14.4 Å². The Morgan fingerprint density at radius 1 is 0.938 bits per heavy atom. The summed E-state index contributed by atoms with van der Waals surface area (Å²) in [5, 5.41) is 11.0. The van der Waals surface area contributed by atoms with Crippen LogP contribution in [0.3, 0.4) is 0 Å². The molecule has 0 aliphatic heterocycles. The Labute approximate surface area is 273 Å². The van der Waals surface area contributed by atoms with E-state index in [0.29, 0.717) is 23.7 Å². The van der Waals surface area contributed by atoms with Crippen molar-refractivity contribution in [2.75, 3.05) is 31.8 Å². The van der Waals surface area contributed by atoms with Crippen molar-refractivity contribution in [1.29, 1.82) is 0 Å². The van der Waals surface area contributed by atoms with Crippen LogP contribution in [0.25, 0.3) is 16.8 Å². The minimum atomic E-state index is -5.00. The Kier molecular flexibility index (Phi) is 10.9. The van der Waals surface area contributed by atoms with Gasteiger partial charge in [-0.15, -0.1) is 0 Å². The number of hydrogen-bond donors (Lipinski definition) is 3. The maximum Gasteiger partial charge on any atom is 0.435 e. The van der Waals surface area contributed by atoms with Crippen molar-refractivity contribution >= 4 is 33.2 Å². The van der Waals surface area contributed by atoms with Gasteiger partial charge in [0, 0.05) is 37.4 Å². The van der Waals surface area contributed by atoms with Gasteiger partial charge in [0.2, 0.25) is 5.91 Å². The Morgan fingerprint density at radius 2 is 1.67 bits per heavy atom. The van der Waals surface area contributed by atoms with E-state index in [9.17, 15) is 36.0 Å². The van der Waals surface area contributed by atoms with Gasteiger partial charge in [-0.2, -0.15) is 18.3 Å². The number of carbonyl (C=O) groups excluding carboxylic acids is 3. The van der Waals surface area contributed by atoms with E-state index in [1.54, 1.807) is 6.07 Å². The number of benzene rings is 3. The second-order valence-corrected chi connectivity index (χ2v) is 12.5. The molecule has 4 rings (SSSR count). The van der Waals surface area contributed by atoms with Crippen LogP contribution < -0.4 is 20.7 Å². The van der Waals surface area contributed by atoms with Crippen LogP contribution in [0.1, 0.15) is 46.3 Å². The van der Waals surface area contributed by atoms with Gasteiger partial charge in [0.25, 0.3) is 11.8 Å². The zero-order valence-electron chi connectivity index (χ0n) is 25.9. The molecule has 0 fully saturated rings. The highest BCUT2D eigenvalue weighted by Crippen LogP contribution is 2.33. The lowest BCUT2D eigenvalue weighted by Gasteiger charge is -2.15. The molecular weight excluding hydrogens is 658 g/mol. The predicted molar refractivity (Wildman–Crippen MR) is 168 cm³/mol. The standard InChI is InChI=1S/C32H31F4N5O6S/c1-4-14-37-29(42)13-15-38-30(43)22-17-20(47-2)10-12-25(22)41-26(18-28(40-41)32(34,35)36)31(44)39-24-11-9-19(16-23(24)33)21-7-5-6-8-27(21)48(3,45)46/h5-12,16-18H,4,13-15H2,1-3H3,(H,37,42)(H,38,43)(H,39,44). The molecule has 0 bridgehead atoms. The minimum absolute atomic E-state index is 0.0520. The molecule has 0 radical (unpaired) electrons. The van der Waals surface area contributed by atoms with Crippen molar-refractivity contribution in [1.82, 2.24) is 20.4 Å². The molecular formula is C32H31F4N5O6S. The predicted octanol–water partition coefficient (Wildman–Crippen LogP) is 5.01. The molecule has 254 valence electrons. The summed E-state index contributed by atoms with van der Waals surface area (Å²) in [5.74, 6) is -3.14. The molecule has 3 N–H and O–H groups in total. The van der Waals surface area contributed by atoms with E-state index in [1.807, 2.05) is 6.92 Å². The number of alkyl halides is 3. The van der Waals surface area contributed by atoms with Gasteiger partial charge in [-0.25, -0.2) is 17.5 Å². The summed E-state index contributed by atoms with van der Waals surface area (Å²) in [6.07, 6.45) is -3.35. The Hall–Kier alpha value is -5.25. The third-order valence-corrected chi connectivity index (χ3v) is 8.09. The molecule has 0 saturated carbocycles. The molecule has 0 aliphatic carbocycles. The number of rotatable bonds is 12. The lowest BCUT2D eigenvalue weighted by molar-refractivity contribution is -0.141. The maximum absolute atomic E-state index is 15.3. The molecule has 4 aromatic rings. The second-order valence-electron chi connectivity index (χ2n) is 10.5. The highest BCUT2D eigenvalue weighted by Gasteiger charge is 2.37. The first kappa shape index (κ1) is 35.6. The lowest BCUT2D eigenvalue weighted by Crippen LogP contribution is -2.31. The second kappa shape index (κ2) is 14.7. The fraction of sp³-hybridized carbons (Fsp3) is 0.250. The summed E-state index contributed by atoms with van der Waals surface area (Å²) in [4.78, 5) is 38.5. The van der Waals surface area contributed by atoms with Gasteiger partial charge < -0.3 is 20.7 Å². The average Bonchev–Trinajstić information content (AvgIpc) is 3.50. The van der Waals surface area contributed by atoms with Crippen LogP contribution in [0.15, 0.2) is 71.6 Å². The summed E-state index contributed by atoms with van der Waals surface area (Å²) in [5.41, 5.74) is -2.66. The first-order valence-electron chi connectivity index (χ1n) is 14.4. The van der Waals surface area contributed by atoms with E-state index >= 15 is 4.39 Å². The van der Waals surface area contributed by atoms with Crippen molar-refractivity contribution in [2.24, 2.45) is 0 Å². The molecule has 1 heterocycles. The van der Waals surface area contributed by atoms with Crippen molar-refractivity contribution < 1.29 is 45.1 Å². The number of methoxy groups -OCH3 is 1. The quantitative estimate of drug-likeness (QED) is 0.177. The topological polar surface area (TPSA) is 148 Å². The third kappa shape index (κ3) is 8.36. The van der Waals surface area contributed by atoms with Crippen molar-refractivity contribution in [3.63, 3.8) is 0 Å². The number of anilines is 1. The first-order chi connectivity index (χ1) is 22.6. The van der Waals surface area contributed by atoms with E-state index in [1.165, 1.54) is 49.6 Å². The summed E-state index contributed by atoms with van der Waals surface area (Å²) in [6.45, 7) is 2.22. The molecule has 0 aliphatic rings. The van der Waals surface area contributed by atoms with E-state index in [4.69, 9.17) is 4.74 Å². The Balaban J connectivity index is 1.69. The fourth-order valence-electron chi connectivity index (χ4n) is 4.61. The van der Waals surface area contributed by atoms with E-state index in [0.717, 1.165) is 18.4 Å². The number of hydrogen-bond acceptors (Lipinski definition) is 7. The molecule has 48 heavy (non-hydrogen) atoms. The Morgan fingerprint density at radius 3 is 2.31 bits per heavy atom. The number of amides is 3. The summed E-state index contributed by atoms with van der Waals surface area (Å²) in [6, 6.07) is 13.6. The number of aromatic nitrogens is 2. The van der Waals surface area contributed by atoms with Crippen LogP contribution in [0, 0.1) is 5.82 Å². The van der Waals surface area contributed by atoms with Crippen molar-refractivity contribution in [2.45, 2.75) is 30.8 Å². The van der Waals surface area contributed by atoms with Crippen LogP contribution in [0.4, 0.5) is 23.2 Å². The van der Waals surface area contributed by atoms with Crippen LogP contribution in [-0.4, -0.2) is 62.4 Å². The molecule has 0 unspecified atom stereocenters. The monoisotopic (exact) mass is 689 g/mol. The molecule has 11 nitrogen and oxygen atoms in total. The number of sulfone groups is 1. The van der Waals surface area contributed by atoms with E-state index in [-0.39, 0.29) is 51.9 Å². The summed E-state index contributed by atoms with van der Waals surface area (Å²) in [7, 11) is -2.37. The van der Waals surface area contributed by atoms with Gasteiger partial charge >= 0.3 is 6.18 Å². The Bertz CT molecular complexity index is 1960. The number of ether oxygens (including phenoxy) is 1. The molecule has 3 amide bonds. The summed E-state index contributed by atoms with van der Waals surface area (Å²) >= 11 is 0. The zero-order chi connectivity index (χ0) is 35.2. The van der Waals surface area contributed by atoms with Crippen LogP contribution >= 0.6 is 0 Å². The zero-order valence-corrected chi connectivity index (χ0v) is 26.8. The lowest BCUT2D eigenvalue weighted by atomic mass is 10.0. The summed E-state index contributed by atoms with van der Waals surface area (Å²) < 4.78 is 87.0. The number of nitrogens with zero attached hydrogens (tertiary/aromatic N) is 2. The molecule has 16 heteroatoms. The van der Waals surface area contributed by atoms with E-state index in [2.05, 4.69) is 21.0 Å². The molecule has 3 aromatic carbocycles. The van der Waals surface area contributed by atoms with Gasteiger partial charge in [0.05, 0.1) is 28.9 Å². The third-order valence-electron chi connectivity index (χ3n) is 6.93. The van der Waals surface area contributed by atoms with Crippen molar-refractivity contribution in [3.8, 4) is 22.6 Å². The van der Waals surface area contributed by atoms with Crippen molar-refractivity contribution in [3.05, 3.63) is 89.5 Å². The fourth-order valence-corrected chi connectivity index (χ4v) is 5.52. The van der Waals surface area contributed by atoms with Crippen LogP contribution in [-0.2, 0) is 20.8 Å². The van der Waals surface area contributed by atoms with E-state index < -0.39 is 50.7 Å². The maximum atomic E-state index is 15.3. The van der Waals surface area contributed by atoms with Crippen LogP contribution in [0.5, 0.6) is 5.75 Å².